The largest absolute Gasteiger partial charge is 0.462 e. The van der Waals surface area contributed by atoms with Crippen molar-refractivity contribution in [2.75, 3.05) is 12.5 Å². The number of aliphatic hydroxyl groups excluding tert-OH is 1. The third kappa shape index (κ3) is 6.67. The summed E-state index contributed by atoms with van der Waals surface area (Å²) in [6, 6.07) is 9.44. The van der Waals surface area contributed by atoms with Gasteiger partial charge in [-0.05, 0) is 26.3 Å². The van der Waals surface area contributed by atoms with E-state index in [9.17, 15) is 14.7 Å². The van der Waals surface area contributed by atoms with Crippen LogP contribution in [0.4, 0.5) is 0 Å². The SMILES string of the molecule is C[C@@H]1C(OC(=O)CCl)[C@H](OCc2ccccc2)OC(COC(=O)C(C)(C)C)[C@@H]1O. The van der Waals surface area contributed by atoms with Gasteiger partial charge in [0.05, 0.1) is 18.1 Å². The summed E-state index contributed by atoms with van der Waals surface area (Å²) < 4.78 is 22.4. The number of aliphatic hydroxyl groups is 1. The number of hydrogen-bond donors (Lipinski definition) is 1. The van der Waals surface area contributed by atoms with E-state index in [1.54, 1.807) is 27.7 Å². The third-order valence-electron chi connectivity index (χ3n) is 4.64. The van der Waals surface area contributed by atoms with Gasteiger partial charge in [0, 0.05) is 5.92 Å². The van der Waals surface area contributed by atoms with E-state index < -0.39 is 47.9 Å². The van der Waals surface area contributed by atoms with E-state index in [0.717, 1.165) is 5.56 Å². The Hall–Kier alpha value is -1.67. The minimum atomic E-state index is -1.02. The Labute approximate surface area is 176 Å². The first kappa shape index (κ1) is 23.6. The molecular weight excluding hydrogens is 400 g/mol. The van der Waals surface area contributed by atoms with Gasteiger partial charge >= 0.3 is 11.9 Å². The van der Waals surface area contributed by atoms with Crippen LogP contribution in [-0.2, 0) is 35.1 Å². The fourth-order valence-corrected chi connectivity index (χ4v) is 2.92. The van der Waals surface area contributed by atoms with Gasteiger partial charge in [0.1, 0.15) is 18.6 Å². The van der Waals surface area contributed by atoms with E-state index in [-0.39, 0.29) is 19.1 Å². The van der Waals surface area contributed by atoms with E-state index in [2.05, 4.69) is 0 Å². The lowest BCUT2D eigenvalue weighted by Gasteiger charge is -2.42. The number of esters is 2. The summed E-state index contributed by atoms with van der Waals surface area (Å²) in [5.74, 6) is -1.88. The molecule has 1 aromatic rings. The molecule has 0 spiro atoms. The number of carbonyl (C=O) groups is 2. The Kier molecular flexibility index (Phi) is 8.46. The molecule has 0 radical (unpaired) electrons. The van der Waals surface area contributed by atoms with Crippen molar-refractivity contribution < 1.29 is 33.6 Å². The molecular formula is C21H29ClO7. The highest BCUT2D eigenvalue weighted by Crippen LogP contribution is 2.30. The number of ether oxygens (including phenoxy) is 4. The van der Waals surface area contributed by atoms with Crippen LogP contribution in [0.3, 0.4) is 0 Å². The predicted octanol–water partition coefficient (Wildman–Crippen LogP) is 2.67. The summed E-state index contributed by atoms with van der Waals surface area (Å²) >= 11 is 5.56. The molecule has 1 heterocycles. The van der Waals surface area contributed by atoms with Crippen molar-refractivity contribution in [1.29, 1.82) is 0 Å². The maximum atomic E-state index is 12.1. The second kappa shape index (κ2) is 10.4. The fraction of sp³-hybridized carbons (Fsp3) is 0.619. The van der Waals surface area contributed by atoms with E-state index in [0.29, 0.717) is 0 Å². The van der Waals surface area contributed by atoms with E-state index in [1.807, 2.05) is 30.3 Å². The van der Waals surface area contributed by atoms with Crippen LogP contribution in [0.5, 0.6) is 0 Å². The Balaban J connectivity index is 2.10. The molecule has 7 nitrogen and oxygen atoms in total. The summed E-state index contributed by atoms with van der Waals surface area (Å²) in [4.78, 5) is 23.8. The lowest BCUT2D eigenvalue weighted by atomic mass is 9.90. The van der Waals surface area contributed by atoms with Crippen molar-refractivity contribution in [3.8, 4) is 0 Å². The van der Waals surface area contributed by atoms with Crippen LogP contribution in [0, 0.1) is 11.3 Å². The molecule has 1 saturated heterocycles. The molecule has 0 aromatic heterocycles. The summed E-state index contributed by atoms with van der Waals surface area (Å²) in [7, 11) is 0. The number of hydrogen-bond acceptors (Lipinski definition) is 7. The maximum Gasteiger partial charge on any atom is 0.321 e. The molecule has 2 unspecified atom stereocenters. The van der Waals surface area contributed by atoms with Gasteiger partial charge in [-0.2, -0.15) is 0 Å². The van der Waals surface area contributed by atoms with Gasteiger partial charge in [-0.25, -0.2) is 0 Å². The number of alkyl halides is 1. The van der Waals surface area contributed by atoms with Gasteiger partial charge in [0.2, 0.25) is 0 Å². The van der Waals surface area contributed by atoms with Crippen molar-refractivity contribution in [2.24, 2.45) is 11.3 Å². The van der Waals surface area contributed by atoms with E-state index in [1.165, 1.54) is 0 Å². The zero-order valence-corrected chi connectivity index (χ0v) is 17.9. The zero-order valence-electron chi connectivity index (χ0n) is 17.2. The molecule has 0 saturated carbocycles. The average Bonchev–Trinajstić information content (AvgIpc) is 2.69. The normalized spacial score (nSPS) is 27.3. The van der Waals surface area contributed by atoms with Crippen LogP contribution in [-0.4, -0.2) is 54.1 Å². The minimum absolute atomic E-state index is 0.136. The lowest BCUT2D eigenvalue weighted by molar-refractivity contribution is -0.295. The molecule has 162 valence electrons. The number of carbonyl (C=O) groups excluding carboxylic acids is 2. The number of rotatable bonds is 7. The quantitative estimate of drug-likeness (QED) is 0.527. The van der Waals surface area contributed by atoms with Crippen LogP contribution in [0.2, 0.25) is 0 Å². The Morgan fingerprint density at radius 1 is 1.21 bits per heavy atom. The summed E-state index contributed by atoms with van der Waals surface area (Å²) in [6.45, 7) is 7.02. The molecule has 0 bridgehead atoms. The van der Waals surface area contributed by atoms with Crippen molar-refractivity contribution in [3.05, 3.63) is 35.9 Å². The maximum absolute atomic E-state index is 12.1. The van der Waals surface area contributed by atoms with Crippen LogP contribution in [0.1, 0.15) is 33.3 Å². The molecule has 2 rings (SSSR count). The Morgan fingerprint density at radius 2 is 1.86 bits per heavy atom. The minimum Gasteiger partial charge on any atom is -0.462 e. The highest BCUT2D eigenvalue weighted by atomic mass is 35.5. The number of halogens is 1. The second-order valence-electron chi connectivity index (χ2n) is 8.13. The van der Waals surface area contributed by atoms with Crippen molar-refractivity contribution in [1.82, 2.24) is 0 Å². The summed E-state index contributed by atoms with van der Waals surface area (Å²) in [5, 5.41) is 10.6. The predicted molar refractivity (Wildman–Crippen MR) is 106 cm³/mol. The first-order valence-corrected chi connectivity index (χ1v) is 10.1. The van der Waals surface area contributed by atoms with Crippen molar-refractivity contribution in [3.63, 3.8) is 0 Å². The molecule has 0 aliphatic carbocycles. The zero-order chi connectivity index (χ0) is 21.6. The summed E-state index contributed by atoms with van der Waals surface area (Å²) in [6.07, 6.45) is -3.64. The van der Waals surface area contributed by atoms with E-state index >= 15 is 0 Å². The second-order valence-corrected chi connectivity index (χ2v) is 8.39. The van der Waals surface area contributed by atoms with Crippen LogP contribution >= 0.6 is 11.6 Å². The van der Waals surface area contributed by atoms with E-state index in [4.69, 9.17) is 30.5 Å². The van der Waals surface area contributed by atoms with Gasteiger partial charge in [-0.1, -0.05) is 37.3 Å². The molecule has 1 aliphatic rings. The first-order valence-electron chi connectivity index (χ1n) is 9.55. The third-order valence-corrected chi connectivity index (χ3v) is 4.86. The highest BCUT2D eigenvalue weighted by Gasteiger charge is 2.46. The smallest absolute Gasteiger partial charge is 0.321 e. The Bertz CT molecular complexity index is 673. The molecule has 5 atom stereocenters. The van der Waals surface area contributed by atoms with Crippen LogP contribution in [0.25, 0.3) is 0 Å². The van der Waals surface area contributed by atoms with Gasteiger partial charge in [-0.15, -0.1) is 11.6 Å². The monoisotopic (exact) mass is 428 g/mol. The van der Waals surface area contributed by atoms with Crippen molar-refractivity contribution in [2.45, 2.75) is 58.9 Å². The lowest BCUT2D eigenvalue weighted by Crippen LogP contribution is -2.57. The van der Waals surface area contributed by atoms with Crippen LogP contribution < -0.4 is 0 Å². The highest BCUT2D eigenvalue weighted by molar-refractivity contribution is 6.26. The average molecular weight is 429 g/mol. The number of benzene rings is 1. The molecule has 1 fully saturated rings. The molecule has 0 amide bonds. The van der Waals surface area contributed by atoms with Gasteiger partial charge in [0.15, 0.2) is 12.4 Å². The van der Waals surface area contributed by atoms with Crippen molar-refractivity contribution >= 4 is 23.5 Å². The van der Waals surface area contributed by atoms with Crippen LogP contribution in [0.15, 0.2) is 30.3 Å². The topological polar surface area (TPSA) is 91.3 Å². The standard InChI is InChI=1S/C21H29ClO7/c1-13-17(24)15(12-27-20(25)21(2,3)4)28-19(18(13)29-16(23)10-22)26-11-14-8-6-5-7-9-14/h5-9,13,15,17-19,24H,10-12H2,1-4H3/t13-,15?,17+,18?,19+/m0/s1. The van der Waals surface area contributed by atoms with Gasteiger partial charge in [0.25, 0.3) is 0 Å². The molecule has 8 heteroatoms. The molecule has 1 aromatic carbocycles. The Morgan fingerprint density at radius 3 is 2.45 bits per heavy atom. The first-order chi connectivity index (χ1) is 13.6. The fourth-order valence-electron chi connectivity index (χ4n) is 2.86. The molecule has 1 aliphatic heterocycles. The van der Waals surface area contributed by atoms with Gasteiger partial charge < -0.3 is 24.1 Å². The molecule has 29 heavy (non-hydrogen) atoms. The molecule has 1 N–H and O–H groups in total. The van der Waals surface area contributed by atoms with Gasteiger partial charge in [-0.3, -0.25) is 9.59 Å². The summed E-state index contributed by atoms with van der Waals surface area (Å²) in [5.41, 5.74) is 0.236.